The van der Waals surface area contributed by atoms with Crippen LogP contribution in [0.15, 0.2) is 24.3 Å². The molecule has 1 saturated carbocycles. The van der Waals surface area contributed by atoms with E-state index < -0.39 is 6.03 Å². The van der Waals surface area contributed by atoms with E-state index in [1.54, 1.807) is 24.3 Å². The van der Waals surface area contributed by atoms with Crippen LogP contribution >= 0.6 is 0 Å². The van der Waals surface area contributed by atoms with Gasteiger partial charge in [-0.1, -0.05) is 19.3 Å². The maximum absolute atomic E-state index is 12.0. The summed E-state index contributed by atoms with van der Waals surface area (Å²) in [7, 11) is 0. The normalized spacial score (nSPS) is 17.2. The molecular formula is C20H26N4O5. The minimum atomic E-state index is -0.477. The third-order valence-corrected chi connectivity index (χ3v) is 4.95. The van der Waals surface area contributed by atoms with Crippen molar-refractivity contribution in [2.24, 2.45) is 0 Å². The van der Waals surface area contributed by atoms with E-state index in [0.29, 0.717) is 11.4 Å². The molecule has 1 aliphatic carbocycles. The smallest absolute Gasteiger partial charge is 0.324 e. The molecule has 9 nitrogen and oxygen atoms in total. The van der Waals surface area contributed by atoms with Crippen LogP contribution in [0.5, 0.6) is 0 Å². The van der Waals surface area contributed by atoms with Crippen LogP contribution in [-0.2, 0) is 19.1 Å². The summed E-state index contributed by atoms with van der Waals surface area (Å²) >= 11 is 0. The zero-order chi connectivity index (χ0) is 20.6. The Morgan fingerprint density at radius 1 is 1.00 bits per heavy atom. The highest BCUT2D eigenvalue weighted by molar-refractivity contribution is 6.02. The predicted octanol–water partition coefficient (Wildman–Crippen LogP) is 1.85. The lowest BCUT2D eigenvalue weighted by Crippen LogP contribution is -2.33. The fraction of sp³-hybridized carbons (Fsp3) is 0.500. The van der Waals surface area contributed by atoms with E-state index in [4.69, 9.17) is 4.74 Å². The van der Waals surface area contributed by atoms with Gasteiger partial charge in [0.05, 0.1) is 12.6 Å². The zero-order valence-corrected chi connectivity index (χ0v) is 16.2. The molecule has 0 aromatic heterocycles. The summed E-state index contributed by atoms with van der Waals surface area (Å²) in [6, 6.07) is 6.24. The van der Waals surface area contributed by atoms with Crippen LogP contribution < -0.4 is 16.0 Å². The van der Waals surface area contributed by atoms with E-state index in [2.05, 4.69) is 16.0 Å². The van der Waals surface area contributed by atoms with Crippen molar-refractivity contribution < 1.29 is 23.9 Å². The highest BCUT2D eigenvalue weighted by Crippen LogP contribution is 2.20. The number of benzene rings is 1. The Morgan fingerprint density at radius 3 is 2.21 bits per heavy atom. The van der Waals surface area contributed by atoms with E-state index in [-0.39, 0.29) is 49.9 Å². The first-order chi connectivity index (χ1) is 14.0. The standard InChI is InChI=1S/C20H26N4O5/c25-17(10-11-24-19(27)12-21-20(24)28)22-14-6-8-15(9-7-14)23-18(26)13-29-16-4-2-1-3-5-16/h6-9,16H,1-5,10-13H2,(H,21,28)(H,22,25)(H,23,26). The first-order valence-corrected chi connectivity index (χ1v) is 9.91. The summed E-state index contributed by atoms with van der Waals surface area (Å²) in [5, 5.41) is 7.87. The maximum Gasteiger partial charge on any atom is 0.324 e. The average molecular weight is 402 g/mol. The molecule has 0 bridgehead atoms. The van der Waals surface area contributed by atoms with Crippen molar-refractivity contribution in [2.75, 3.05) is 30.3 Å². The molecule has 3 rings (SSSR count). The second-order valence-corrected chi connectivity index (χ2v) is 7.20. The summed E-state index contributed by atoms with van der Waals surface area (Å²) in [5.74, 6) is -0.855. The van der Waals surface area contributed by atoms with Crippen LogP contribution in [0.2, 0.25) is 0 Å². The van der Waals surface area contributed by atoms with Gasteiger partial charge >= 0.3 is 6.03 Å². The van der Waals surface area contributed by atoms with E-state index in [1.807, 2.05) is 0 Å². The van der Waals surface area contributed by atoms with E-state index in [0.717, 1.165) is 30.6 Å². The molecule has 9 heteroatoms. The zero-order valence-electron chi connectivity index (χ0n) is 16.2. The lowest BCUT2D eigenvalue weighted by molar-refractivity contribution is -0.125. The van der Waals surface area contributed by atoms with Crippen LogP contribution in [0.1, 0.15) is 38.5 Å². The highest BCUT2D eigenvalue weighted by Gasteiger charge is 2.28. The third-order valence-electron chi connectivity index (χ3n) is 4.95. The van der Waals surface area contributed by atoms with Crippen molar-refractivity contribution in [1.82, 2.24) is 10.2 Å². The Morgan fingerprint density at radius 2 is 1.62 bits per heavy atom. The molecule has 0 atom stereocenters. The SMILES string of the molecule is O=C(CCN1C(=O)CNC1=O)Nc1ccc(NC(=O)COC2CCCCC2)cc1. The number of anilines is 2. The number of ether oxygens (including phenoxy) is 1. The van der Waals surface area contributed by atoms with Crippen LogP contribution in [0.4, 0.5) is 16.2 Å². The number of rotatable bonds is 8. The topological polar surface area (TPSA) is 117 Å². The van der Waals surface area contributed by atoms with Gasteiger partial charge in [0.1, 0.15) is 6.61 Å². The Bertz CT molecular complexity index is 743. The van der Waals surface area contributed by atoms with Gasteiger partial charge in [0, 0.05) is 24.3 Å². The lowest BCUT2D eigenvalue weighted by atomic mass is 9.98. The van der Waals surface area contributed by atoms with Crippen molar-refractivity contribution >= 4 is 35.1 Å². The number of urea groups is 1. The van der Waals surface area contributed by atoms with Crippen LogP contribution in [0.25, 0.3) is 0 Å². The minimum absolute atomic E-state index is 0.0101. The van der Waals surface area contributed by atoms with Crippen LogP contribution in [-0.4, -0.2) is 54.5 Å². The van der Waals surface area contributed by atoms with Crippen molar-refractivity contribution in [2.45, 2.75) is 44.6 Å². The third kappa shape index (κ3) is 6.28. The van der Waals surface area contributed by atoms with Crippen LogP contribution in [0.3, 0.4) is 0 Å². The summed E-state index contributed by atoms with van der Waals surface area (Å²) in [6.45, 7) is 0.0386. The molecule has 1 saturated heterocycles. The first kappa shape index (κ1) is 20.8. The maximum atomic E-state index is 12.0. The average Bonchev–Trinajstić information content (AvgIpc) is 3.04. The molecule has 0 unspecified atom stereocenters. The number of nitrogens with zero attached hydrogens (tertiary/aromatic N) is 1. The highest BCUT2D eigenvalue weighted by atomic mass is 16.5. The monoisotopic (exact) mass is 402 g/mol. The molecule has 1 aromatic carbocycles. The number of carbonyl (C=O) groups is 4. The van der Waals surface area contributed by atoms with Gasteiger partial charge in [0.25, 0.3) is 0 Å². The van der Waals surface area contributed by atoms with Gasteiger partial charge in [-0.2, -0.15) is 0 Å². The van der Waals surface area contributed by atoms with Crippen molar-refractivity contribution in [3.05, 3.63) is 24.3 Å². The molecule has 2 fully saturated rings. The second kappa shape index (κ2) is 10.0. The molecule has 0 spiro atoms. The number of carbonyl (C=O) groups excluding carboxylic acids is 4. The van der Waals surface area contributed by atoms with Crippen molar-refractivity contribution in [1.29, 1.82) is 0 Å². The molecule has 156 valence electrons. The minimum Gasteiger partial charge on any atom is -0.368 e. The van der Waals surface area contributed by atoms with Crippen molar-refractivity contribution in [3.8, 4) is 0 Å². The fourth-order valence-electron chi connectivity index (χ4n) is 3.38. The van der Waals surface area contributed by atoms with Gasteiger partial charge in [-0.3, -0.25) is 19.3 Å². The van der Waals surface area contributed by atoms with Crippen molar-refractivity contribution in [3.63, 3.8) is 0 Å². The van der Waals surface area contributed by atoms with E-state index >= 15 is 0 Å². The molecule has 2 aliphatic rings. The molecule has 29 heavy (non-hydrogen) atoms. The molecule has 1 heterocycles. The lowest BCUT2D eigenvalue weighted by Gasteiger charge is -2.21. The second-order valence-electron chi connectivity index (χ2n) is 7.20. The number of imide groups is 1. The summed E-state index contributed by atoms with van der Waals surface area (Å²) in [4.78, 5) is 48.0. The molecule has 5 amide bonds. The van der Waals surface area contributed by atoms with Gasteiger partial charge in [0.15, 0.2) is 0 Å². The Hall–Kier alpha value is -2.94. The quantitative estimate of drug-likeness (QED) is 0.574. The number of hydrogen-bond acceptors (Lipinski definition) is 5. The first-order valence-electron chi connectivity index (χ1n) is 9.91. The summed E-state index contributed by atoms with van der Waals surface area (Å²) in [5.41, 5.74) is 1.17. The Labute approximate surface area is 169 Å². The van der Waals surface area contributed by atoms with E-state index in [1.165, 1.54) is 6.42 Å². The molecule has 0 radical (unpaired) electrons. The summed E-state index contributed by atoms with van der Waals surface area (Å²) in [6.07, 6.45) is 5.75. The Balaban J connectivity index is 1.38. The number of amides is 5. The van der Waals surface area contributed by atoms with Gasteiger partial charge < -0.3 is 20.7 Å². The van der Waals surface area contributed by atoms with Gasteiger partial charge in [-0.15, -0.1) is 0 Å². The van der Waals surface area contributed by atoms with Crippen LogP contribution in [0, 0.1) is 0 Å². The molecule has 1 aliphatic heterocycles. The fourth-order valence-corrected chi connectivity index (χ4v) is 3.38. The van der Waals surface area contributed by atoms with Gasteiger partial charge in [-0.05, 0) is 37.1 Å². The van der Waals surface area contributed by atoms with Gasteiger partial charge in [0.2, 0.25) is 17.7 Å². The van der Waals surface area contributed by atoms with E-state index in [9.17, 15) is 19.2 Å². The number of nitrogens with one attached hydrogen (secondary N) is 3. The largest absolute Gasteiger partial charge is 0.368 e. The van der Waals surface area contributed by atoms with Gasteiger partial charge in [-0.25, -0.2) is 4.79 Å². The summed E-state index contributed by atoms with van der Waals surface area (Å²) < 4.78 is 5.65. The predicted molar refractivity (Wildman–Crippen MR) is 106 cm³/mol. The molecular weight excluding hydrogens is 376 g/mol. The molecule has 1 aromatic rings. The number of hydrogen-bond donors (Lipinski definition) is 3. The molecule has 3 N–H and O–H groups in total. The Kier molecular flexibility index (Phi) is 7.18.